The van der Waals surface area contributed by atoms with Crippen molar-refractivity contribution < 1.29 is 0 Å². The summed E-state index contributed by atoms with van der Waals surface area (Å²) >= 11 is 0. The van der Waals surface area contributed by atoms with E-state index in [9.17, 15) is 0 Å². The first-order chi connectivity index (χ1) is 19.7. The molecule has 2 atom stereocenters. The van der Waals surface area contributed by atoms with Crippen LogP contribution in [0.15, 0.2) is 0 Å². The van der Waals surface area contributed by atoms with Gasteiger partial charge in [0.25, 0.3) is 0 Å². The van der Waals surface area contributed by atoms with Crippen molar-refractivity contribution in [3.05, 3.63) is 0 Å². The van der Waals surface area contributed by atoms with Gasteiger partial charge in [0.15, 0.2) is 0 Å². The summed E-state index contributed by atoms with van der Waals surface area (Å²) in [4.78, 5) is 0. The summed E-state index contributed by atoms with van der Waals surface area (Å²) in [5.74, 6) is 0.998. The Hall–Kier alpha value is 0. The monoisotopic (exact) mass is 563 g/mol. The molecule has 242 valence electrons. The minimum Gasteiger partial charge on any atom is -0.0654 e. The average Bonchev–Trinajstić information content (AvgIpc) is 2.96. The van der Waals surface area contributed by atoms with Gasteiger partial charge >= 0.3 is 0 Å². The van der Waals surface area contributed by atoms with Crippen LogP contribution in [-0.2, 0) is 0 Å². The van der Waals surface area contributed by atoms with Crippen molar-refractivity contribution in [1.29, 1.82) is 0 Å². The van der Waals surface area contributed by atoms with Crippen LogP contribution in [0.5, 0.6) is 0 Å². The SMILES string of the molecule is CCCCCCCCCC(CCCCCCC)(CCCCCCCC)C(CCCCCC)CCCCCCCC. The number of hydrogen-bond donors (Lipinski definition) is 0. The zero-order chi connectivity index (χ0) is 29.4. The van der Waals surface area contributed by atoms with E-state index >= 15 is 0 Å². The van der Waals surface area contributed by atoms with Gasteiger partial charge in [0.2, 0.25) is 0 Å². The Morgan fingerprint density at radius 2 is 0.500 bits per heavy atom. The molecular formula is C40H82. The van der Waals surface area contributed by atoms with E-state index in [4.69, 9.17) is 0 Å². The molecule has 0 aliphatic heterocycles. The molecule has 2 unspecified atom stereocenters. The lowest BCUT2D eigenvalue weighted by atomic mass is 9.62. The Balaban J connectivity index is 5.54. The van der Waals surface area contributed by atoms with Gasteiger partial charge in [0.05, 0.1) is 0 Å². The highest BCUT2D eigenvalue weighted by atomic mass is 14.4. The van der Waals surface area contributed by atoms with Gasteiger partial charge in [-0.1, -0.05) is 214 Å². The lowest BCUT2D eigenvalue weighted by molar-refractivity contribution is 0.0814. The molecule has 0 nitrogen and oxygen atoms in total. The van der Waals surface area contributed by atoms with Crippen LogP contribution in [-0.4, -0.2) is 0 Å². The van der Waals surface area contributed by atoms with Crippen molar-refractivity contribution in [2.45, 2.75) is 247 Å². The quantitative estimate of drug-likeness (QED) is 0.0684. The maximum atomic E-state index is 2.38. The summed E-state index contributed by atoms with van der Waals surface area (Å²) in [5.41, 5.74) is 0.649. The second-order valence-corrected chi connectivity index (χ2v) is 14.0. The van der Waals surface area contributed by atoms with Gasteiger partial charge in [-0.3, -0.25) is 0 Å². The first-order valence-corrected chi connectivity index (χ1v) is 19.7. The highest BCUT2D eigenvalue weighted by molar-refractivity contribution is 4.87. The Bertz CT molecular complexity index is 453. The average molecular weight is 563 g/mol. The third-order valence-electron chi connectivity index (χ3n) is 10.3. The molecule has 0 aliphatic carbocycles. The van der Waals surface area contributed by atoms with E-state index in [-0.39, 0.29) is 0 Å². The molecule has 40 heavy (non-hydrogen) atoms. The Morgan fingerprint density at radius 1 is 0.275 bits per heavy atom. The molecule has 0 aromatic heterocycles. The van der Waals surface area contributed by atoms with Crippen LogP contribution in [0.3, 0.4) is 0 Å². The molecule has 0 rings (SSSR count). The summed E-state index contributed by atoms with van der Waals surface area (Å²) in [6.07, 6.45) is 48.6. The molecule has 0 aromatic carbocycles. The van der Waals surface area contributed by atoms with Gasteiger partial charge in [-0.2, -0.15) is 0 Å². The van der Waals surface area contributed by atoms with E-state index in [0.717, 1.165) is 5.92 Å². The van der Waals surface area contributed by atoms with Crippen molar-refractivity contribution in [1.82, 2.24) is 0 Å². The first kappa shape index (κ1) is 40.0. The van der Waals surface area contributed by atoms with Crippen LogP contribution >= 0.6 is 0 Å². The summed E-state index contributed by atoms with van der Waals surface area (Å²) in [6, 6.07) is 0. The van der Waals surface area contributed by atoms with E-state index in [1.165, 1.54) is 186 Å². The van der Waals surface area contributed by atoms with E-state index in [1.807, 2.05) is 0 Å². The molecule has 0 amide bonds. The topological polar surface area (TPSA) is 0 Å². The highest BCUT2D eigenvalue weighted by Gasteiger charge is 2.36. The Morgan fingerprint density at radius 3 is 0.800 bits per heavy atom. The van der Waals surface area contributed by atoms with Crippen LogP contribution in [0.2, 0.25) is 0 Å². The van der Waals surface area contributed by atoms with Gasteiger partial charge in [-0.15, -0.1) is 0 Å². The molecule has 0 fully saturated rings. The van der Waals surface area contributed by atoms with Crippen LogP contribution in [0.1, 0.15) is 247 Å². The van der Waals surface area contributed by atoms with E-state index in [1.54, 1.807) is 25.7 Å². The lowest BCUT2D eigenvalue weighted by Gasteiger charge is -2.43. The van der Waals surface area contributed by atoms with Gasteiger partial charge in [-0.25, -0.2) is 0 Å². The van der Waals surface area contributed by atoms with Crippen LogP contribution in [0.4, 0.5) is 0 Å². The van der Waals surface area contributed by atoms with Crippen LogP contribution in [0, 0.1) is 11.3 Å². The van der Waals surface area contributed by atoms with E-state index in [2.05, 4.69) is 34.6 Å². The first-order valence-electron chi connectivity index (χ1n) is 19.7. The largest absolute Gasteiger partial charge is 0.0654 e. The molecule has 0 aromatic rings. The smallest absolute Gasteiger partial charge is 0.0269 e. The van der Waals surface area contributed by atoms with Gasteiger partial charge < -0.3 is 0 Å². The molecule has 0 heterocycles. The minimum absolute atomic E-state index is 0.649. The molecule has 0 bridgehead atoms. The van der Waals surface area contributed by atoms with Gasteiger partial charge in [0, 0.05) is 0 Å². The van der Waals surface area contributed by atoms with Crippen molar-refractivity contribution in [2.75, 3.05) is 0 Å². The van der Waals surface area contributed by atoms with Crippen LogP contribution in [0.25, 0.3) is 0 Å². The second kappa shape index (κ2) is 31.9. The lowest BCUT2D eigenvalue weighted by Crippen LogP contribution is -2.32. The zero-order valence-corrected chi connectivity index (χ0v) is 29.4. The van der Waals surface area contributed by atoms with Crippen molar-refractivity contribution in [3.8, 4) is 0 Å². The molecule has 0 radical (unpaired) electrons. The summed E-state index contributed by atoms with van der Waals surface area (Å²) in [7, 11) is 0. The Kier molecular flexibility index (Phi) is 31.9. The molecule has 0 N–H and O–H groups in total. The molecule has 0 aliphatic rings. The maximum Gasteiger partial charge on any atom is -0.0269 e. The molecule has 0 saturated heterocycles. The molecular weight excluding hydrogens is 480 g/mol. The number of rotatable bonds is 34. The fraction of sp³-hybridized carbons (Fsp3) is 1.00. The number of unbranched alkanes of at least 4 members (excludes halogenated alkanes) is 23. The standard InChI is InChI=1S/C40H82/c1-6-11-16-21-24-28-33-38-40(36-31-26-19-14-9-4,37-32-27-23-18-13-8-3)39(34-29-20-15-10-5)35-30-25-22-17-12-7-2/h39H,6-38H2,1-5H3. The highest BCUT2D eigenvalue weighted by Crippen LogP contribution is 2.48. The van der Waals surface area contributed by atoms with Gasteiger partial charge in [0.1, 0.15) is 0 Å². The molecule has 0 spiro atoms. The van der Waals surface area contributed by atoms with Crippen molar-refractivity contribution in [3.63, 3.8) is 0 Å². The fourth-order valence-electron chi connectivity index (χ4n) is 7.50. The summed E-state index contributed by atoms with van der Waals surface area (Å²) < 4.78 is 0. The van der Waals surface area contributed by atoms with Crippen molar-refractivity contribution in [2.24, 2.45) is 11.3 Å². The minimum atomic E-state index is 0.649. The fourth-order valence-corrected chi connectivity index (χ4v) is 7.50. The van der Waals surface area contributed by atoms with Gasteiger partial charge in [-0.05, 0) is 43.4 Å². The predicted molar refractivity (Wildman–Crippen MR) is 187 cm³/mol. The molecule has 0 saturated carbocycles. The normalized spacial score (nSPS) is 14.0. The molecule has 0 heteroatoms. The third-order valence-corrected chi connectivity index (χ3v) is 10.3. The third kappa shape index (κ3) is 23.6. The summed E-state index contributed by atoms with van der Waals surface area (Å²) in [6.45, 7) is 11.8. The van der Waals surface area contributed by atoms with Crippen LogP contribution < -0.4 is 0 Å². The Labute approximate surface area is 257 Å². The van der Waals surface area contributed by atoms with E-state index < -0.39 is 0 Å². The summed E-state index contributed by atoms with van der Waals surface area (Å²) in [5, 5.41) is 0. The second-order valence-electron chi connectivity index (χ2n) is 14.0. The predicted octanol–water partition coefficient (Wildman–Crippen LogP) is 15.6. The van der Waals surface area contributed by atoms with Crippen molar-refractivity contribution >= 4 is 0 Å². The maximum absolute atomic E-state index is 2.38. The zero-order valence-electron chi connectivity index (χ0n) is 29.4. The number of hydrogen-bond acceptors (Lipinski definition) is 0. The van der Waals surface area contributed by atoms with E-state index in [0.29, 0.717) is 5.41 Å².